The SMILES string of the molecule is CCN(C(=O)c1ccc(C#N)cn1)C1CC2CCC(C1)N2. The van der Waals surface area contributed by atoms with Gasteiger partial charge < -0.3 is 10.2 Å². The number of hydrogen-bond donors (Lipinski definition) is 1. The van der Waals surface area contributed by atoms with E-state index < -0.39 is 0 Å². The van der Waals surface area contributed by atoms with Gasteiger partial charge in [-0.05, 0) is 44.7 Å². The number of amides is 1. The zero-order valence-corrected chi connectivity index (χ0v) is 12.2. The van der Waals surface area contributed by atoms with E-state index in [2.05, 4.69) is 10.3 Å². The van der Waals surface area contributed by atoms with Crippen molar-refractivity contribution in [2.45, 2.75) is 50.7 Å². The maximum Gasteiger partial charge on any atom is 0.272 e. The number of carbonyl (C=O) groups is 1. The summed E-state index contributed by atoms with van der Waals surface area (Å²) in [7, 11) is 0. The summed E-state index contributed by atoms with van der Waals surface area (Å²) in [6, 6.07) is 6.75. The molecule has 2 fully saturated rings. The van der Waals surface area contributed by atoms with Crippen molar-refractivity contribution in [3.05, 3.63) is 29.6 Å². The van der Waals surface area contributed by atoms with Crippen LogP contribution in [0, 0.1) is 11.3 Å². The Kier molecular flexibility index (Phi) is 3.89. The minimum Gasteiger partial charge on any atom is -0.334 e. The number of carbonyl (C=O) groups excluding carboxylic acids is 1. The Morgan fingerprint density at radius 3 is 2.67 bits per heavy atom. The second-order valence-corrected chi connectivity index (χ2v) is 5.90. The molecule has 21 heavy (non-hydrogen) atoms. The van der Waals surface area contributed by atoms with E-state index >= 15 is 0 Å². The Labute approximate surface area is 125 Å². The second kappa shape index (κ2) is 5.82. The molecule has 110 valence electrons. The van der Waals surface area contributed by atoms with Gasteiger partial charge in [-0.15, -0.1) is 0 Å². The molecule has 0 radical (unpaired) electrons. The van der Waals surface area contributed by atoms with Gasteiger partial charge in [0.15, 0.2) is 0 Å². The molecule has 0 spiro atoms. The Bertz CT molecular complexity index is 551. The first-order valence-electron chi connectivity index (χ1n) is 7.64. The zero-order valence-electron chi connectivity index (χ0n) is 12.2. The van der Waals surface area contributed by atoms with Crippen molar-refractivity contribution < 1.29 is 4.79 Å². The minimum absolute atomic E-state index is 0.0201. The van der Waals surface area contributed by atoms with Crippen LogP contribution in [0.2, 0.25) is 0 Å². The fraction of sp³-hybridized carbons (Fsp3) is 0.562. The van der Waals surface area contributed by atoms with E-state index in [0.29, 0.717) is 35.9 Å². The summed E-state index contributed by atoms with van der Waals surface area (Å²) >= 11 is 0. The number of piperidine rings is 1. The van der Waals surface area contributed by atoms with Crippen LogP contribution in [0.15, 0.2) is 18.3 Å². The van der Waals surface area contributed by atoms with Crippen molar-refractivity contribution in [2.75, 3.05) is 6.54 Å². The highest BCUT2D eigenvalue weighted by Crippen LogP contribution is 2.30. The predicted molar refractivity (Wildman–Crippen MR) is 78.6 cm³/mol. The fourth-order valence-corrected chi connectivity index (χ4v) is 3.58. The predicted octanol–water partition coefficient (Wildman–Crippen LogP) is 1.70. The monoisotopic (exact) mass is 284 g/mol. The van der Waals surface area contributed by atoms with E-state index in [9.17, 15) is 4.79 Å². The summed E-state index contributed by atoms with van der Waals surface area (Å²) in [6.45, 7) is 2.72. The lowest BCUT2D eigenvalue weighted by molar-refractivity contribution is 0.0625. The summed E-state index contributed by atoms with van der Waals surface area (Å²) in [4.78, 5) is 18.8. The van der Waals surface area contributed by atoms with E-state index in [1.807, 2.05) is 17.9 Å². The Morgan fingerprint density at radius 2 is 2.14 bits per heavy atom. The summed E-state index contributed by atoms with van der Waals surface area (Å²) in [5.41, 5.74) is 0.913. The maximum atomic E-state index is 12.7. The molecule has 1 N–H and O–H groups in total. The van der Waals surface area contributed by atoms with Crippen LogP contribution in [0.3, 0.4) is 0 Å². The molecule has 2 bridgehead atoms. The maximum absolute atomic E-state index is 12.7. The average Bonchev–Trinajstić information content (AvgIpc) is 2.86. The van der Waals surface area contributed by atoms with Crippen molar-refractivity contribution in [1.82, 2.24) is 15.2 Å². The summed E-state index contributed by atoms with van der Waals surface area (Å²) < 4.78 is 0. The van der Waals surface area contributed by atoms with Crippen LogP contribution >= 0.6 is 0 Å². The Balaban J connectivity index is 1.75. The van der Waals surface area contributed by atoms with Crippen LogP contribution in [0.4, 0.5) is 0 Å². The lowest BCUT2D eigenvalue weighted by atomic mass is 9.97. The summed E-state index contributed by atoms with van der Waals surface area (Å²) in [5, 5.41) is 12.4. The molecule has 0 aromatic carbocycles. The van der Waals surface area contributed by atoms with Crippen molar-refractivity contribution in [2.24, 2.45) is 0 Å². The molecule has 1 aromatic heterocycles. The Hall–Kier alpha value is -1.93. The highest BCUT2D eigenvalue weighted by molar-refractivity contribution is 5.92. The second-order valence-electron chi connectivity index (χ2n) is 5.90. The summed E-state index contributed by atoms with van der Waals surface area (Å²) in [6.07, 6.45) is 5.98. The quantitative estimate of drug-likeness (QED) is 0.917. The molecule has 0 saturated carbocycles. The van der Waals surface area contributed by atoms with E-state index in [0.717, 1.165) is 12.8 Å². The van der Waals surface area contributed by atoms with Gasteiger partial charge in [-0.2, -0.15) is 5.26 Å². The topological polar surface area (TPSA) is 69.0 Å². The van der Waals surface area contributed by atoms with Gasteiger partial charge in [0.2, 0.25) is 0 Å². The fourth-order valence-electron chi connectivity index (χ4n) is 3.58. The normalized spacial score (nSPS) is 27.1. The number of pyridine rings is 1. The van der Waals surface area contributed by atoms with Gasteiger partial charge in [-0.25, -0.2) is 4.98 Å². The number of rotatable bonds is 3. The number of nitrogens with one attached hydrogen (secondary N) is 1. The molecule has 5 nitrogen and oxygen atoms in total. The third kappa shape index (κ3) is 2.77. The molecular formula is C16H20N4O. The van der Waals surface area contributed by atoms with Crippen LogP contribution in [-0.2, 0) is 0 Å². The smallest absolute Gasteiger partial charge is 0.272 e. The van der Waals surface area contributed by atoms with E-state index in [1.54, 1.807) is 12.1 Å². The first kappa shape index (κ1) is 14.0. The molecule has 5 heteroatoms. The number of nitriles is 1. The van der Waals surface area contributed by atoms with Crippen molar-refractivity contribution in [3.8, 4) is 6.07 Å². The molecule has 1 aromatic rings. The van der Waals surface area contributed by atoms with Gasteiger partial charge in [0.1, 0.15) is 11.8 Å². The van der Waals surface area contributed by atoms with Crippen LogP contribution in [0.25, 0.3) is 0 Å². The van der Waals surface area contributed by atoms with Gasteiger partial charge in [0.25, 0.3) is 5.91 Å². The van der Waals surface area contributed by atoms with Crippen LogP contribution in [0.5, 0.6) is 0 Å². The first-order chi connectivity index (χ1) is 10.2. The number of fused-ring (bicyclic) bond motifs is 2. The zero-order chi connectivity index (χ0) is 14.8. The van der Waals surface area contributed by atoms with Crippen molar-refractivity contribution in [1.29, 1.82) is 5.26 Å². The van der Waals surface area contributed by atoms with E-state index in [1.165, 1.54) is 19.0 Å². The van der Waals surface area contributed by atoms with Crippen LogP contribution < -0.4 is 5.32 Å². The third-order valence-electron chi connectivity index (χ3n) is 4.60. The Morgan fingerprint density at radius 1 is 1.43 bits per heavy atom. The van der Waals surface area contributed by atoms with Crippen LogP contribution in [-0.4, -0.2) is 40.5 Å². The van der Waals surface area contributed by atoms with Gasteiger partial charge in [0.05, 0.1) is 5.56 Å². The number of hydrogen-bond acceptors (Lipinski definition) is 4. The lowest BCUT2D eigenvalue weighted by Gasteiger charge is -2.37. The molecule has 2 aliphatic heterocycles. The molecule has 1 amide bonds. The molecule has 3 heterocycles. The van der Waals surface area contributed by atoms with Gasteiger partial charge in [0, 0.05) is 30.9 Å². The van der Waals surface area contributed by atoms with Crippen molar-refractivity contribution >= 4 is 5.91 Å². The van der Waals surface area contributed by atoms with Crippen LogP contribution in [0.1, 0.15) is 48.7 Å². The van der Waals surface area contributed by atoms with E-state index in [-0.39, 0.29) is 5.91 Å². The highest BCUT2D eigenvalue weighted by Gasteiger charge is 2.37. The molecule has 3 rings (SSSR count). The minimum atomic E-state index is -0.0201. The van der Waals surface area contributed by atoms with E-state index in [4.69, 9.17) is 5.26 Å². The van der Waals surface area contributed by atoms with Crippen molar-refractivity contribution in [3.63, 3.8) is 0 Å². The molecule has 0 aliphatic carbocycles. The molecule has 2 unspecified atom stereocenters. The molecule has 2 atom stereocenters. The number of nitrogens with zero attached hydrogens (tertiary/aromatic N) is 3. The standard InChI is InChI=1S/C16H20N4O/c1-2-20(14-7-12-4-5-13(8-14)19-12)16(21)15-6-3-11(9-17)10-18-15/h3,6,10,12-14,19H,2,4-5,7-8H2,1H3. The van der Waals surface area contributed by atoms with Gasteiger partial charge >= 0.3 is 0 Å². The largest absolute Gasteiger partial charge is 0.334 e. The number of aromatic nitrogens is 1. The summed E-state index contributed by atoms with van der Waals surface area (Å²) in [5.74, 6) is -0.0201. The van der Waals surface area contributed by atoms with Gasteiger partial charge in [-0.1, -0.05) is 0 Å². The third-order valence-corrected chi connectivity index (χ3v) is 4.60. The van der Waals surface area contributed by atoms with Gasteiger partial charge in [-0.3, -0.25) is 4.79 Å². The highest BCUT2D eigenvalue weighted by atomic mass is 16.2. The lowest BCUT2D eigenvalue weighted by Crippen LogP contribution is -2.50. The molecule has 2 saturated heterocycles. The molecular weight excluding hydrogens is 264 g/mol. The molecule has 2 aliphatic rings. The average molecular weight is 284 g/mol. The first-order valence-corrected chi connectivity index (χ1v) is 7.64.